The molecule has 1 atom stereocenters. The molecule has 2 N–H and O–H groups in total. The standard InChI is InChI=1S/C12H10F3N3O/c13-12(14,15)11-17-10(18-19-11)7-1-3-8-6(5-7)2-4-9(8)16/h1,3,5,9H,2,4,16H2/t9-/m0/s1. The SMILES string of the molecule is N[C@H]1CCc2cc(-c3noc(C(F)(F)F)n3)ccc21. The third-order valence-electron chi connectivity index (χ3n) is 3.19. The minimum absolute atomic E-state index is 0.0000502. The fraction of sp³-hybridized carbons (Fsp3) is 0.333. The second-order valence-corrected chi connectivity index (χ2v) is 4.48. The van der Waals surface area contributed by atoms with Gasteiger partial charge in [0.1, 0.15) is 0 Å². The fourth-order valence-electron chi connectivity index (χ4n) is 2.25. The van der Waals surface area contributed by atoms with Crippen LogP contribution in [0.1, 0.15) is 29.5 Å². The number of rotatable bonds is 1. The molecule has 0 spiro atoms. The fourth-order valence-corrected chi connectivity index (χ4v) is 2.25. The molecule has 0 saturated carbocycles. The zero-order chi connectivity index (χ0) is 13.6. The number of hydrogen-bond acceptors (Lipinski definition) is 4. The smallest absolute Gasteiger partial charge is 0.329 e. The summed E-state index contributed by atoms with van der Waals surface area (Å²) >= 11 is 0. The Labute approximate surface area is 106 Å². The summed E-state index contributed by atoms with van der Waals surface area (Å²) in [5, 5.41) is 3.36. The van der Waals surface area contributed by atoms with Crippen molar-refractivity contribution >= 4 is 0 Å². The Bertz CT molecular complexity index is 621. The van der Waals surface area contributed by atoms with Gasteiger partial charge < -0.3 is 10.3 Å². The van der Waals surface area contributed by atoms with E-state index in [1.54, 1.807) is 12.1 Å². The van der Waals surface area contributed by atoms with E-state index in [1.807, 2.05) is 6.07 Å². The van der Waals surface area contributed by atoms with Gasteiger partial charge in [-0.05, 0) is 30.0 Å². The summed E-state index contributed by atoms with van der Waals surface area (Å²) in [7, 11) is 0. The highest BCUT2D eigenvalue weighted by molar-refractivity contribution is 5.58. The lowest BCUT2D eigenvalue weighted by molar-refractivity contribution is -0.159. The number of hydrogen-bond donors (Lipinski definition) is 1. The third kappa shape index (κ3) is 2.10. The summed E-state index contributed by atoms with van der Waals surface area (Å²) in [6.07, 6.45) is -2.96. The summed E-state index contributed by atoms with van der Waals surface area (Å²) in [4.78, 5) is 3.36. The van der Waals surface area contributed by atoms with Crippen molar-refractivity contribution in [3.8, 4) is 11.4 Å². The Morgan fingerprint density at radius 2 is 2.11 bits per heavy atom. The normalized spacial score (nSPS) is 18.6. The maximum atomic E-state index is 12.4. The van der Waals surface area contributed by atoms with Gasteiger partial charge in [-0.1, -0.05) is 17.3 Å². The zero-order valence-corrected chi connectivity index (χ0v) is 9.74. The summed E-state index contributed by atoms with van der Waals surface area (Å²) in [5.74, 6) is -1.39. The van der Waals surface area contributed by atoms with Crippen molar-refractivity contribution in [2.75, 3.05) is 0 Å². The molecule has 1 aliphatic rings. The average Bonchev–Trinajstić information content (AvgIpc) is 2.95. The van der Waals surface area contributed by atoms with Crippen molar-refractivity contribution in [2.45, 2.75) is 25.1 Å². The van der Waals surface area contributed by atoms with Crippen LogP contribution >= 0.6 is 0 Å². The van der Waals surface area contributed by atoms with Crippen LogP contribution in [0.4, 0.5) is 13.2 Å². The quantitative estimate of drug-likeness (QED) is 0.864. The minimum Gasteiger partial charge on any atom is -0.329 e. The summed E-state index contributed by atoms with van der Waals surface area (Å²) in [6, 6.07) is 5.24. The van der Waals surface area contributed by atoms with Crippen LogP contribution in [0, 0.1) is 0 Å². The molecule has 0 aliphatic heterocycles. The zero-order valence-electron chi connectivity index (χ0n) is 9.74. The van der Waals surface area contributed by atoms with Gasteiger partial charge in [-0.2, -0.15) is 18.2 Å². The Hall–Kier alpha value is -1.89. The molecule has 1 heterocycles. The van der Waals surface area contributed by atoms with Gasteiger partial charge in [0.2, 0.25) is 5.82 Å². The first-order valence-corrected chi connectivity index (χ1v) is 5.75. The van der Waals surface area contributed by atoms with E-state index in [2.05, 4.69) is 14.7 Å². The molecule has 0 amide bonds. The maximum absolute atomic E-state index is 12.4. The van der Waals surface area contributed by atoms with Gasteiger partial charge in [0, 0.05) is 11.6 Å². The number of halogens is 3. The maximum Gasteiger partial charge on any atom is 0.471 e. The van der Waals surface area contributed by atoms with Crippen LogP contribution in [-0.4, -0.2) is 10.1 Å². The molecule has 7 heteroatoms. The monoisotopic (exact) mass is 269 g/mol. The van der Waals surface area contributed by atoms with E-state index in [0.29, 0.717) is 5.56 Å². The molecule has 0 saturated heterocycles. The first-order chi connectivity index (χ1) is 8.95. The van der Waals surface area contributed by atoms with Gasteiger partial charge in [0.25, 0.3) is 0 Å². The Balaban J connectivity index is 1.97. The van der Waals surface area contributed by atoms with E-state index in [1.165, 1.54) is 0 Å². The molecule has 100 valence electrons. The highest BCUT2D eigenvalue weighted by Gasteiger charge is 2.38. The molecule has 19 heavy (non-hydrogen) atoms. The largest absolute Gasteiger partial charge is 0.471 e. The predicted octanol–water partition coefficient (Wildman–Crippen LogP) is 2.70. The van der Waals surface area contributed by atoms with Crippen LogP contribution in [0.2, 0.25) is 0 Å². The molecular weight excluding hydrogens is 259 g/mol. The van der Waals surface area contributed by atoms with E-state index < -0.39 is 12.1 Å². The van der Waals surface area contributed by atoms with Crippen LogP contribution < -0.4 is 5.73 Å². The number of aryl methyl sites for hydroxylation is 1. The number of aromatic nitrogens is 2. The van der Waals surface area contributed by atoms with Crippen LogP contribution in [0.25, 0.3) is 11.4 Å². The summed E-state index contributed by atoms with van der Waals surface area (Å²) < 4.78 is 41.3. The summed E-state index contributed by atoms with van der Waals surface area (Å²) in [6.45, 7) is 0. The van der Waals surface area contributed by atoms with Crippen LogP contribution in [0.3, 0.4) is 0 Å². The molecule has 2 aromatic rings. The molecule has 0 unspecified atom stereocenters. The van der Waals surface area contributed by atoms with E-state index in [-0.39, 0.29) is 11.9 Å². The van der Waals surface area contributed by atoms with Crippen LogP contribution in [0.15, 0.2) is 22.7 Å². The number of alkyl halides is 3. The number of nitrogens with two attached hydrogens (primary N) is 1. The van der Waals surface area contributed by atoms with E-state index in [0.717, 1.165) is 24.0 Å². The van der Waals surface area contributed by atoms with Crippen molar-refractivity contribution in [3.63, 3.8) is 0 Å². The van der Waals surface area contributed by atoms with Gasteiger partial charge in [0.15, 0.2) is 0 Å². The van der Waals surface area contributed by atoms with Crippen molar-refractivity contribution in [1.82, 2.24) is 10.1 Å². The lowest BCUT2D eigenvalue weighted by atomic mass is 10.0. The minimum atomic E-state index is -4.62. The molecule has 0 fully saturated rings. The molecule has 1 aliphatic carbocycles. The third-order valence-corrected chi connectivity index (χ3v) is 3.19. The van der Waals surface area contributed by atoms with Gasteiger partial charge >= 0.3 is 12.1 Å². The second kappa shape index (κ2) is 4.06. The van der Waals surface area contributed by atoms with Crippen molar-refractivity contribution < 1.29 is 17.7 Å². The van der Waals surface area contributed by atoms with Crippen LogP contribution in [-0.2, 0) is 12.6 Å². The molecule has 0 radical (unpaired) electrons. The number of benzene rings is 1. The lowest BCUT2D eigenvalue weighted by Crippen LogP contribution is -2.05. The lowest BCUT2D eigenvalue weighted by Gasteiger charge is -2.04. The Kier molecular flexibility index (Phi) is 2.60. The molecule has 1 aromatic heterocycles. The van der Waals surface area contributed by atoms with Crippen molar-refractivity contribution in [1.29, 1.82) is 0 Å². The first kappa shape index (κ1) is 12.2. The van der Waals surface area contributed by atoms with Crippen LogP contribution in [0.5, 0.6) is 0 Å². The Morgan fingerprint density at radius 3 is 2.79 bits per heavy atom. The van der Waals surface area contributed by atoms with Gasteiger partial charge in [-0.15, -0.1) is 0 Å². The summed E-state index contributed by atoms with van der Waals surface area (Å²) in [5.41, 5.74) is 8.47. The van der Waals surface area contributed by atoms with E-state index >= 15 is 0 Å². The van der Waals surface area contributed by atoms with Crippen molar-refractivity contribution in [3.05, 3.63) is 35.2 Å². The van der Waals surface area contributed by atoms with Gasteiger partial charge in [-0.25, -0.2) is 0 Å². The molecule has 1 aromatic carbocycles. The second-order valence-electron chi connectivity index (χ2n) is 4.48. The van der Waals surface area contributed by atoms with Gasteiger partial charge in [0.05, 0.1) is 0 Å². The van der Waals surface area contributed by atoms with E-state index in [9.17, 15) is 13.2 Å². The molecule has 4 nitrogen and oxygen atoms in total. The average molecular weight is 269 g/mol. The van der Waals surface area contributed by atoms with Crippen molar-refractivity contribution in [2.24, 2.45) is 5.73 Å². The predicted molar refractivity (Wildman–Crippen MR) is 60.0 cm³/mol. The number of fused-ring (bicyclic) bond motifs is 1. The van der Waals surface area contributed by atoms with E-state index in [4.69, 9.17) is 5.73 Å². The molecular formula is C12H10F3N3O. The molecule has 0 bridgehead atoms. The molecule has 3 rings (SSSR count). The highest BCUT2D eigenvalue weighted by Crippen LogP contribution is 2.33. The topological polar surface area (TPSA) is 64.9 Å². The highest BCUT2D eigenvalue weighted by atomic mass is 19.4. The number of nitrogens with zero attached hydrogens (tertiary/aromatic N) is 2. The van der Waals surface area contributed by atoms with Gasteiger partial charge in [-0.3, -0.25) is 0 Å². The first-order valence-electron chi connectivity index (χ1n) is 5.75. The Morgan fingerprint density at radius 1 is 1.32 bits per heavy atom.